The van der Waals surface area contributed by atoms with E-state index in [0.717, 1.165) is 5.56 Å². The highest BCUT2D eigenvalue weighted by molar-refractivity contribution is 5.85. The number of rotatable bonds is 6. The molecule has 0 fully saturated rings. The van der Waals surface area contributed by atoms with Crippen LogP contribution in [-0.4, -0.2) is 19.1 Å². The molecule has 6 heteroatoms. The summed E-state index contributed by atoms with van der Waals surface area (Å²) in [6, 6.07) is 12.7. The number of benzene rings is 2. The minimum atomic E-state index is -0.667. The Morgan fingerprint density at radius 2 is 1.92 bits per heavy atom. The van der Waals surface area contributed by atoms with E-state index in [1.54, 1.807) is 6.92 Å². The van der Waals surface area contributed by atoms with Crippen molar-refractivity contribution in [2.24, 2.45) is 5.73 Å². The summed E-state index contributed by atoms with van der Waals surface area (Å²) < 4.78 is 18.6. The maximum atomic E-state index is 13.4. The Bertz CT molecular complexity index is 667. The van der Waals surface area contributed by atoms with E-state index in [4.69, 9.17) is 10.5 Å². The molecule has 0 bridgehead atoms. The first kappa shape index (κ1) is 19.9. The molecule has 3 N–H and O–H groups in total. The van der Waals surface area contributed by atoms with Gasteiger partial charge in [0.15, 0.2) is 0 Å². The lowest BCUT2D eigenvalue weighted by atomic mass is 10.0. The van der Waals surface area contributed by atoms with Crippen LogP contribution in [-0.2, 0) is 11.2 Å². The summed E-state index contributed by atoms with van der Waals surface area (Å²) in [4.78, 5) is 12.2. The molecule has 0 radical (unpaired) electrons. The number of carbonyl (C=O) groups excluding carboxylic acids is 1. The van der Waals surface area contributed by atoms with E-state index in [2.05, 4.69) is 5.32 Å². The van der Waals surface area contributed by atoms with Crippen molar-refractivity contribution in [2.45, 2.75) is 25.4 Å². The third kappa shape index (κ3) is 5.22. The van der Waals surface area contributed by atoms with Crippen LogP contribution in [0.3, 0.4) is 0 Å². The minimum Gasteiger partial charge on any atom is -0.496 e. The van der Waals surface area contributed by atoms with Crippen molar-refractivity contribution in [1.82, 2.24) is 5.32 Å². The largest absolute Gasteiger partial charge is 0.496 e. The van der Waals surface area contributed by atoms with Crippen molar-refractivity contribution in [2.75, 3.05) is 7.11 Å². The molecule has 2 rings (SSSR count). The molecular formula is C18H22ClFN2O2. The van der Waals surface area contributed by atoms with E-state index in [1.165, 1.54) is 25.3 Å². The number of nitrogens with two attached hydrogens (primary N) is 1. The van der Waals surface area contributed by atoms with Crippen molar-refractivity contribution in [3.63, 3.8) is 0 Å². The van der Waals surface area contributed by atoms with Crippen molar-refractivity contribution in [3.05, 3.63) is 65.5 Å². The molecule has 0 aliphatic heterocycles. The zero-order valence-electron chi connectivity index (χ0n) is 13.7. The molecule has 0 aromatic heterocycles. The first-order valence-electron chi connectivity index (χ1n) is 7.44. The van der Waals surface area contributed by atoms with Crippen LogP contribution >= 0.6 is 12.4 Å². The van der Waals surface area contributed by atoms with Crippen molar-refractivity contribution >= 4 is 18.3 Å². The van der Waals surface area contributed by atoms with Gasteiger partial charge in [-0.1, -0.05) is 30.3 Å². The van der Waals surface area contributed by atoms with Crippen LogP contribution in [0, 0.1) is 5.82 Å². The average Bonchev–Trinajstić information content (AvgIpc) is 2.55. The van der Waals surface area contributed by atoms with Gasteiger partial charge < -0.3 is 15.8 Å². The van der Waals surface area contributed by atoms with E-state index in [9.17, 15) is 9.18 Å². The number of carbonyl (C=O) groups is 1. The second kappa shape index (κ2) is 9.25. The molecule has 2 aromatic carbocycles. The Hall–Kier alpha value is -2.11. The Labute approximate surface area is 147 Å². The number of halogens is 2. The lowest BCUT2D eigenvalue weighted by molar-refractivity contribution is -0.123. The highest BCUT2D eigenvalue weighted by Crippen LogP contribution is 2.25. The molecule has 0 saturated carbocycles. The lowest BCUT2D eigenvalue weighted by Crippen LogP contribution is -2.43. The van der Waals surface area contributed by atoms with Crippen LogP contribution in [0.4, 0.5) is 4.39 Å². The first-order valence-corrected chi connectivity index (χ1v) is 7.44. The Kier molecular flexibility index (Phi) is 7.68. The molecule has 24 heavy (non-hydrogen) atoms. The molecule has 0 aliphatic rings. The third-order valence-corrected chi connectivity index (χ3v) is 3.65. The van der Waals surface area contributed by atoms with E-state index in [0.29, 0.717) is 17.7 Å². The summed E-state index contributed by atoms with van der Waals surface area (Å²) in [7, 11) is 1.51. The topological polar surface area (TPSA) is 64.3 Å². The zero-order valence-corrected chi connectivity index (χ0v) is 14.5. The van der Waals surface area contributed by atoms with Gasteiger partial charge in [-0.2, -0.15) is 0 Å². The predicted octanol–water partition coefficient (Wildman–Crippen LogP) is 3.00. The third-order valence-electron chi connectivity index (χ3n) is 3.65. The molecule has 130 valence electrons. The Morgan fingerprint density at radius 1 is 1.25 bits per heavy atom. The fourth-order valence-electron chi connectivity index (χ4n) is 2.40. The van der Waals surface area contributed by atoms with Gasteiger partial charge >= 0.3 is 0 Å². The normalized spacial score (nSPS) is 12.7. The molecule has 4 nitrogen and oxygen atoms in total. The molecule has 0 saturated heterocycles. The van der Waals surface area contributed by atoms with Gasteiger partial charge in [0, 0.05) is 5.56 Å². The number of hydrogen-bond acceptors (Lipinski definition) is 3. The fourth-order valence-corrected chi connectivity index (χ4v) is 2.40. The van der Waals surface area contributed by atoms with Crippen LogP contribution in [0.1, 0.15) is 24.1 Å². The van der Waals surface area contributed by atoms with Gasteiger partial charge in [-0.05, 0) is 37.1 Å². The number of ether oxygens (including phenoxy) is 1. The highest BCUT2D eigenvalue weighted by Gasteiger charge is 2.19. The maximum Gasteiger partial charge on any atom is 0.237 e. The fraction of sp³-hybridized carbons (Fsp3) is 0.278. The van der Waals surface area contributed by atoms with Gasteiger partial charge in [0.25, 0.3) is 0 Å². The van der Waals surface area contributed by atoms with Gasteiger partial charge in [0.1, 0.15) is 11.6 Å². The predicted molar refractivity (Wildman–Crippen MR) is 94.9 cm³/mol. The van der Waals surface area contributed by atoms with Crippen LogP contribution in [0.2, 0.25) is 0 Å². The summed E-state index contributed by atoms with van der Waals surface area (Å²) in [6.45, 7) is 1.77. The molecule has 2 aromatic rings. The molecule has 0 aliphatic carbocycles. The molecular weight excluding hydrogens is 331 g/mol. The maximum absolute atomic E-state index is 13.4. The quantitative estimate of drug-likeness (QED) is 0.840. The summed E-state index contributed by atoms with van der Waals surface area (Å²) in [5, 5.41) is 2.81. The highest BCUT2D eigenvalue weighted by atomic mass is 35.5. The van der Waals surface area contributed by atoms with Crippen molar-refractivity contribution in [1.29, 1.82) is 0 Å². The van der Waals surface area contributed by atoms with E-state index < -0.39 is 12.1 Å². The molecule has 2 atom stereocenters. The lowest BCUT2D eigenvalue weighted by Gasteiger charge is -2.20. The van der Waals surface area contributed by atoms with Crippen molar-refractivity contribution < 1.29 is 13.9 Å². The Morgan fingerprint density at radius 3 is 2.54 bits per heavy atom. The second-order valence-corrected chi connectivity index (χ2v) is 5.41. The van der Waals surface area contributed by atoms with E-state index >= 15 is 0 Å². The summed E-state index contributed by atoms with van der Waals surface area (Å²) >= 11 is 0. The number of methoxy groups -OCH3 is 1. The van der Waals surface area contributed by atoms with Gasteiger partial charge in [-0.25, -0.2) is 4.39 Å². The SMILES string of the molecule is COc1ccc(F)cc1C(C)NC(=O)C(N)Cc1ccccc1.Cl. The molecule has 0 spiro atoms. The molecule has 1 amide bonds. The van der Waals surface area contributed by atoms with Crippen LogP contribution in [0.15, 0.2) is 48.5 Å². The molecule has 2 unspecified atom stereocenters. The van der Waals surface area contributed by atoms with E-state index in [1.807, 2.05) is 30.3 Å². The standard InChI is InChI=1S/C18H21FN2O2.ClH/c1-12(15-11-14(19)8-9-17(15)23-2)21-18(22)16(20)10-13-6-4-3-5-7-13;/h3-9,11-12,16H,10,20H2,1-2H3,(H,21,22);1H. The second-order valence-electron chi connectivity index (χ2n) is 5.41. The number of nitrogens with one attached hydrogen (secondary N) is 1. The summed E-state index contributed by atoms with van der Waals surface area (Å²) in [6.07, 6.45) is 0.444. The summed E-state index contributed by atoms with van der Waals surface area (Å²) in [5.41, 5.74) is 7.53. The minimum absolute atomic E-state index is 0. The molecule has 0 heterocycles. The number of amides is 1. The number of hydrogen-bond donors (Lipinski definition) is 2. The van der Waals surface area contributed by atoms with Crippen LogP contribution < -0.4 is 15.8 Å². The summed E-state index contributed by atoms with van der Waals surface area (Å²) in [5.74, 6) is -0.140. The van der Waals surface area contributed by atoms with Crippen molar-refractivity contribution in [3.8, 4) is 5.75 Å². The van der Waals surface area contributed by atoms with Crippen LogP contribution in [0.5, 0.6) is 5.75 Å². The average molecular weight is 353 g/mol. The van der Waals surface area contributed by atoms with Gasteiger partial charge in [0.2, 0.25) is 5.91 Å². The van der Waals surface area contributed by atoms with E-state index in [-0.39, 0.29) is 24.1 Å². The zero-order chi connectivity index (χ0) is 16.8. The van der Waals surface area contributed by atoms with Gasteiger partial charge in [-0.3, -0.25) is 4.79 Å². The van der Waals surface area contributed by atoms with Crippen LogP contribution in [0.25, 0.3) is 0 Å². The first-order chi connectivity index (χ1) is 11.0. The monoisotopic (exact) mass is 352 g/mol. The van der Waals surface area contributed by atoms with Gasteiger partial charge in [-0.15, -0.1) is 12.4 Å². The smallest absolute Gasteiger partial charge is 0.237 e. The Balaban J connectivity index is 0.00000288. The van der Waals surface area contributed by atoms with Gasteiger partial charge in [0.05, 0.1) is 19.2 Å².